The lowest BCUT2D eigenvalue weighted by molar-refractivity contribution is 0.0492. The Labute approximate surface area is 149 Å². The monoisotopic (exact) mass is 345 g/mol. The van der Waals surface area contributed by atoms with Crippen LogP contribution in [-0.4, -0.2) is 30.9 Å². The summed E-state index contributed by atoms with van der Waals surface area (Å²) in [7, 11) is 1.60. The number of alkyl carbamates (subject to hydrolysis) is 1. The molecule has 1 amide bonds. The van der Waals surface area contributed by atoms with E-state index in [-0.39, 0.29) is 12.1 Å². The van der Waals surface area contributed by atoms with E-state index in [0.29, 0.717) is 17.4 Å². The molecule has 1 saturated carbocycles. The summed E-state index contributed by atoms with van der Waals surface area (Å²) >= 11 is 0. The molecule has 2 rings (SSSR count). The largest absolute Gasteiger partial charge is 0.495 e. The number of carbonyl (C=O) groups excluding carboxylic acids is 1. The number of benzene rings is 1. The number of ether oxygens (including phenoxy) is 2. The Hall–Kier alpha value is -2.42. The highest BCUT2D eigenvalue weighted by Crippen LogP contribution is 2.29. The van der Waals surface area contributed by atoms with Gasteiger partial charge in [0.1, 0.15) is 11.4 Å². The highest BCUT2D eigenvalue weighted by Gasteiger charge is 2.25. The highest BCUT2D eigenvalue weighted by molar-refractivity contribution is 5.68. The van der Waals surface area contributed by atoms with Gasteiger partial charge in [0.25, 0.3) is 0 Å². The lowest BCUT2D eigenvalue weighted by Gasteiger charge is -2.31. The number of nitrogens with one attached hydrogen (secondary N) is 2. The maximum Gasteiger partial charge on any atom is 0.407 e. The zero-order valence-corrected chi connectivity index (χ0v) is 15.4. The lowest BCUT2D eigenvalue weighted by atomic mass is 9.91. The molecule has 0 radical (unpaired) electrons. The molecule has 0 atom stereocenters. The van der Waals surface area contributed by atoms with Crippen LogP contribution in [-0.2, 0) is 4.74 Å². The van der Waals surface area contributed by atoms with E-state index in [9.17, 15) is 4.79 Å². The molecular weight excluding hydrogens is 318 g/mol. The van der Waals surface area contributed by atoms with E-state index in [1.165, 1.54) is 0 Å². The fourth-order valence-electron chi connectivity index (χ4n) is 2.96. The van der Waals surface area contributed by atoms with Crippen LogP contribution in [0.25, 0.3) is 0 Å². The molecular formula is C19H27N3O3. The first kappa shape index (κ1) is 18.9. The van der Waals surface area contributed by atoms with Gasteiger partial charge in [0.05, 0.1) is 24.4 Å². The predicted octanol–water partition coefficient (Wildman–Crippen LogP) is 3.81. The first-order chi connectivity index (χ1) is 11.8. The third kappa shape index (κ3) is 5.86. The van der Waals surface area contributed by atoms with Crippen molar-refractivity contribution in [2.24, 2.45) is 0 Å². The van der Waals surface area contributed by atoms with Gasteiger partial charge in [0.15, 0.2) is 0 Å². The molecule has 1 aromatic carbocycles. The maximum absolute atomic E-state index is 11.9. The van der Waals surface area contributed by atoms with Crippen molar-refractivity contribution in [2.75, 3.05) is 12.4 Å². The van der Waals surface area contributed by atoms with Crippen LogP contribution in [0.4, 0.5) is 10.5 Å². The predicted molar refractivity (Wildman–Crippen MR) is 96.7 cm³/mol. The third-order valence-electron chi connectivity index (χ3n) is 4.14. The van der Waals surface area contributed by atoms with Crippen LogP contribution >= 0.6 is 0 Å². The lowest BCUT2D eigenvalue weighted by Crippen LogP contribution is -2.42. The molecule has 2 N–H and O–H groups in total. The van der Waals surface area contributed by atoms with Crippen LogP contribution in [0.3, 0.4) is 0 Å². The fourth-order valence-corrected chi connectivity index (χ4v) is 2.96. The molecule has 0 aliphatic heterocycles. The smallest absolute Gasteiger partial charge is 0.407 e. The molecule has 6 nitrogen and oxygen atoms in total. The van der Waals surface area contributed by atoms with E-state index < -0.39 is 5.60 Å². The van der Waals surface area contributed by atoms with Gasteiger partial charge in [0, 0.05) is 18.2 Å². The van der Waals surface area contributed by atoms with Crippen LogP contribution in [0.5, 0.6) is 5.75 Å². The van der Waals surface area contributed by atoms with E-state index >= 15 is 0 Å². The summed E-state index contributed by atoms with van der Waals surface area (Å²) in [6.07, 6.45) is 3.34. The van der Waals surface area contributed by atoms with Gasteiger partial charge >= 0.3 is 6.09 Å². The van der Waals surface area contributed by atoms with Gasteiger partial charge in [0.2, 0.25) is 0 Å². The Kier molecular flexibility index (Phi) is 6.13. The number of carbonyl (C=O) groups is 1. The molecule has 0 heterocycles. The van der Waals surface area contributed by atoms with Crippen molar-refractivity contribution in [2.45, 2.75) is 64.1 Å². The number of methoxy groups -OCH3 is 1. The second kappa shape index (κ2) is 8.11. The molecule has 1 fully saturated rings. The summed E-state index contributed by atoms with van der Waals surface area (Å²) < 4.78 is 10.7. The van der Waals surface area contributed by atoms with Gasteiger partial charge in [-0.2, -0.15) is 5.26 Å². The van der Waals surface area contributed by atoms with E-state index in [1.54, 1.807) is 19.2 Å². The van der Waals surface area contributed by atoms with Crippen molar-refractivity contribution in [1.82, 2.24) is 5.32 Å². The summed E-state index contributed by atoms with van der Waals surface area (Å²) in [6.45, 7) is 5.58. The van der Waals surface area contributed by atoms with E-state index in [1.807, 2.05) is 26.8 Å². The summed E-state index contributed by atoms with van der Waals surface area (Å²) in [6, 6.07) is 7.97. The van der Waals surface area contributed by atoms with E-state index in [2.05, 4.69) is 16.7 Å². The number of anilines is 1. The van der Waals surface area contributed by atoms with E-state index in [0.717, 1.165) is 31.4 Å². The Morgan fingerprint density at radius 2 is 1.84 bits per heavy atom. The SMILES string of the molecule is COc1cc(C#N)ccc1NC1CCC(NC(=O)OC(C)(C)C)CC1. The third-order valence-corrected chi connectivity index (χ3v) is 4.14. The van der Waals surface area contributed by atoms with Crippen molar-refractivity contribution in [3.8, 4) is 11.8 Å². The molecule has 0 unspecified atom stereocenters. The molecule has 1 aliphatic carbocycles. The standard InChI is InChI=1S/C19H27N3O3/c1-19(2,3)25-18(23)22-15-8-6-14(7-9-15)21-16-10-5-13(12-20)11-17(16)24-4/h5,10-11,14-15,21H,6-9H2,1-4H3,(H,22,23). The average Bonchev–Trinajstić information content (AvgIpc) is 2.55. The number of nitriles is 1. The highest BCUT2D eigenvalue weighted by atomic mass is 16.6. The van der Waals surface area contributed by atoms with Gasteiger partial charge < -0.3 is 20.1 Å². The van der Waals surface area contributed by atoms with Gasteiger partial charge in [-0.15, -0.1) is 0 Å². The van der Waals surface area contributed by atoms with Crippen molar-refractivity contribution in [1.29, 1.82) is 5.26 Å². The first-order valence-corrected chi connectivity index (χ1v) is 8.65. The second-order valence-corrected chi connectivity index (χ2v) is 7.37. The molecule has 1 aliphatic rings. The molecule has 6 heteroatoms. The van der Waals surface area contributed by atoms with Crippen LogP contribution < -0.4 is 15.4 Å². The zero-order valence-electron chi connectivity index (χ0n) is 15.4. The normalized spacial score (nSPS) is 20.3. The topological polar surface area (TPSA) is 83.4 Å². The molecule has 1 aromatic rings. The number of amides is 1. The minimum Gasteiger partial charge on any atom is -0.495 e. The average molecular weight is 345 g/mol. The van der Waals surface area contributed by atoms with Crippen molar-refractivity contribution < 1.29 is 14.3 Å². The Balaban J connectivity index is 1.85. The molecule has 25 heavy (non-hydrogen) atoms. The quantitative estimate of drug-likeness (QED) is 0.867. The van der Waals surface area contributed by atoms with Gasteiger partial charge in [-0.3, -0.25) is 0 Å². The van der Waals surface area contributed by atoms with E-state index in [4.69, 9.17) is 14.7 Å². The summed E-state index contributed by atoms with van der Waals surface area (Å²) in [5.41, 5.74) is 0.993. The number of hydrogen-bond donors (Lipinski definition) is 2. The van der Waals surface area contributed by atoms with Crippen LogP contribution in [0.2, 0.25) is 0 Å². The molecule has 136 valence electrons. The summed E-state index contributed by atoms with van der Waals surface area (Å²) in [5, 5.41) is 15.4. The molecule has 0 aromatic heterocycles. The van der Waals surface area contributed by atoms with Crippen LogP contribution in [0, 0.1) is 11.3 Å². The number of nitrogens with zero attached hydrogens (tertiary/aromatic N) is 1. The zero-order chi connectivity index (χ0) is 18.4. The number of rotatable bonds is 4. The Morgan fingerprint density at radius 1 is 1.20 bits per heavy atom. The Morgan fingerprint density at radius 3 is 2.40 bits per heavy atom. The minimum absolute atomic E-state index is 0.149. The van der Waals surface area contributed by atoms with Crippen molar-refractivity contribution in [3.05, 3.63) is 23.8 Å². The van der Waals surface area contributed by atoms with Gasteiger partial charge in [-0.25, -0.2) is 4.79 Å². The molecule has 0 bridgehead atoms. The summed E-state index contributed by atoms with van der Waals surface area (Å²) in [4.78, 5) is 11.9. The molecule has 0 saturated heterocycles. The summed E-state index contributed by atoms with van der Waals surface area (Å²) in [5.74, 6) is 0.674. The molecule has 0 spiro atoms. The van der Waals surface area contributed by atoms with Crippen LogP contribution in [0.15, 0.2) is 18.2 Å². The van der Waals surface area contributed by atoms with Crippen molar-refractivity contribution >= 4 is 11.8 Å². The maximum atomic E-state index is 11.9. The number of hydrogen-bond acceptors (Lipinski definition) is 5. The fraction of sp³-hybridized carbons (Fsp3) is 0.579. The van der Waals surface area contributed by atoms with Gasteiger partial charge in [-0.1, -0.05) is 0 Å². The minimum atomic E-state index is -0.477. The van der Waals surface area contributed by atoms with Crippen LogP contribution in [0.1, 0.15) is 52.0 Å². The van der Waals surface area contributed by atoms with Crippen molar-refractivity contribution in [3.63, 3.8) is 0 Å². The Bertz CT molecular complexity index is 638. The first-order valence-electron chi connectivity index (χ1n) is 8.65. The second-order valence-electron chi connectivity index (χ2n) is 7.37. The van der Waals surface area contributed by atoms with Gasteiger partial charge in [-0.05, 0) is 58.6 Å².